The van der Waals surface area contributed by atoms with Gasteiger partial charge in [-0.2, -0.15) is 0 Å². The Bertz CT molecular complexity index is 1560. The second-order valence-corrected chi connectivity index (χ2v) is 7.95. The third kappa shape index (κ3) is 4.40. The van der Waals surface area contributed by atoms with E-state index in [2.05, 4.69) is 79.7 Å². The molecule has 0 N–H and O–H groups in total. The average molecular weight is 634 g/mol. The fourth-order valence-corrected chi connectivity index (χ4v) is 4.23. The second kappa shape index (κ2) is 10.1. The Hall–Kier alpha value is -4.05. The zero-order valence-corrected chi connectivity index (χ0v) is 20.9. The first-order valence-corrected chi connectivity index (χ1v) is 11.2. The summed E-state index contributed by atoms with van der Waals surface area (Å²) in [5.41, 5.74) is 6.54. The predicted molar refractivity (Wildman–Crippen MR) is 140 cm³/mol. The maximum absolute atomic E-state index is 4.45. The zero-order chi connectivity index (χ0) is 22.7. The van der Waals surface area contributed by atoms with Crippen LogP contribution in [0.1, 0.15) is 0 Å². The van der Waals surface area contributed by atoms with Gasteiger partial charge in [-0.3, -0.25) is 4.98 Å². The molecule has 170 valence electrons. The van der Waals surface area contributed by atoms with Crippen LogP contribution in [0.15, 0.2) is 128 Å². The largest absolute Gasteiger partial charge is 1.00 e. The van der Waals surface area contributed by atoms with E-state index in [0.717, 1.165) is 33.8 Å². The molecule has 0 aliphatic carbocycles. The second-order valence-electron chi connectivity index (χ2n) is 7.95. The van der Waals surface area contributed by atoms with Gasteiger partial charge in [-0.05, 0) is 26.0 Å². The summed E-state index contributed by atoms with van der Waals surface area (Å²) < 4.78 is 4.20. The Morgan fingerprint density at radius 3 is 1.69 bits per heavy atom. The van der Waals surface area contributed by atoms with Crippen molar-refractivity contribution in [3.05, 3.63) is 128 Å². The molecule has 3 heterocycles. The van der Waals surface area contributed by atoms with Gasteiger partial charge in [0.15, 0.2) is 0 Å². The van der Waals surface area contributed by atoms with E-state index >= 15 is 0 Å². The van der Waals surface area contributed by atoms with Gasteiger partial charge in [0.25, 0.3) is 11.4 Å². The van der Waals surface area contributed by atoms with E-state index in [1.165, 1.54) is 10.8 Å². The van der Waals surface area contributed by atoms with Crippen LogP contribution in [-0.2, 0) is 22.4 Å². The van der Waals surface area contributed by atoms with Crippen molar-refractivity contribution in [1.29, 1.82) is 0 Å². The fourth-order valence-electron chi connectivity index (χ4n) is 4.23. The van der Waals surface area contributed by atoms with Gasteiger partial charge in [0.1, 0.15) is 0 Å². The SMILES string of the molecule is C1=[N+](c2ccccc2)c2ccccc2[N+]=1c1ccccc1.[Au+].c1ccc2c(c1)[n-]c1cnccc12. The summed E-state index contributed by atoms with van der Waals surface area (Å²) in [7, 11) is 0. The maximum Gasteiger partial charge on any atom is 1.00 e. The minimum atomic E-state index is 0. The summed E-state index contributed by atoms with van der Waals surface area (Å²) in [6.45, 7) is 0. The van der Waals surface area contributed by atoms with Crippen LogP contribution in [0.2, 0.25) is 0 Å². The molecule has 6 aromatic rings. The number of benzene rings is 4. The summed E-state index contributed by atoms with van der Waals surface area (Å²) in [4.78, 5) is 8.50. The van der Waals surface area contributed by atoms with Gasteiger partial charge < -0.3 is 4.98 Å². The van der Waals surface area contributed by atoms with Crippen LogP contribution in [0.5, 0.6) is 0 Å². The number of para-hydroxylation sites is 5. The van der Waals surface area contributed by atoms with Crippen molar-refractivity contribution in [1.82, 2.24) is 19.1 Å². The van der Waals surface area contributed by atoms with Gasteiger partial charge in [0, 0.05) is 48.8 Å². The van der Waals surface area contributed by atoms with Gasteiger partial charge in [0.05, 0.1) is 0 Å². The Labute approximate surface area is 219 Å². The third-order valence-corrected chi connectivity index (χ3v) is 5.83. The first-order valence-electron chi connectivity index (χ1n) is 11.2. The van der Waals surface area contributed by atoms with Crippen LogP contribution < -0.4 is 14.1 Å². The molecule has 0 saturated carbocycles. The molecule has 0 saturated heterocycles. The van der Waals surface area contributed by atoms with Gasteiger partial charge >= 0.3 is 28.4 Å². The molecule has 0 atom stereocenters. The Morgan fingerprint density at radius 1 is 0.543 bits per heavy atom. The van der Waals surface area contributed by atoms with Crippen molar-refractivity contribution in [2.24, 2.45) is 0 Å². The van der Waals surface area contributed by atoms with Crippen molar-refractivity contribution >= 4 is 50.6 Å². The molecule has 0 amide bonds. The molecule has 4 nitrogen and oxygen atoms in total. The summed E-state index contributed by atoms with van der Waals surface area (Å²) in [5, 5.41) is 2.39. The van der Waals surface area contributed by atoms with Gasteiger partial charge in [0.2, 0.25) is 11.4 Å². The molecule has 0 spiro atoms. The molecule has 0 unspecified atom stereocenters. The molecule has 4 aromatic carbocycles. The van der Waals surface area contributed by atoms with Gasteiger partial charge in [-0.25, -0.2) is 0 Å². The van der Waals surface area contributed by atoms with E-state index in [1.807, 2.05) is 60.7 Å². The number of aromatic nitrogens is 2. The average Bonchev–Trinajstić information content (AvgIpc) is 3.49. The van der Waals surface area contributed by atoms with Crippen LogP contribution in [0, 0.1) is 0 Å². The molecule has 1 aliphatic heterocycles. The summed E-state index contributed by atoms with van der Waals surface area (Å²) in [6, 6.07) is 42.6. The van der Waals surface area contributed by atoms with Crippen molar-refractivity contribution in [3.63, 3.8) is 0 Å². The fraction of sp³-hybridized carbons (Fsp3) is 0. The first-order chi connectivity index (χ1) is 16.9. The predicted octanol–water partition coefficient (Wildman–Crippen LogP) is 6.89. The molecule has 0 bridgehead atoms. The molecular formula is C30H21AuN4+2. The van der Waals surface area contributed by atoms with Crippen LogP contribution in [0.3, 0.4) is 0 Å². The van der Waals surface area contributed by atoms with Crippen LogP contribution in [0.25, 0.3) is 21.8 Å². The summed E-state index contributed by atoms with van der Waals surface area (Å²) in [5.74, 6) is 0. The Balaban J connectivity index is 0.000000156. The van der Waals surface area contributed by atoms with E-state index in [1.54, 1.807) is 12.4 Å². The zero-order valence-electron chi connectivity index (χ0n) is 18.7. The van der Waals surface area contributed by atoms with Crippen molar-refractivity contribution in [3.8, 4) is 0 Å². The van der Waals surface area contributed by atoms with E-state index in [4.69, 9.17) is 0 Å². The topological polar surface area (TPSA) is 33.0 Å². The number of rotatable bonds is 2. The molecule has 1 aliphatic rings. The summed E-state index contributed by atoms with van der Waals surface area (Å²) >= 11 is 0. The monoisotopic (exact) mass is 634 g/mol. The van der Waals surface area contributed by atoms with E-state index in [0.29, 0.717) is 0 Å². The molecular weight excluding hydrogens is 613 g/mol. The van der Waals surface area contributed by atoms with Gasteiger partial charge in [-0.1, -0.05) is 72.8 Å². The Morgan fingerprint density at radius 2 is 1.06 bits per heavy atom. The van der Waals surface area contributed by atoms with Crippen molar-refractivity contribution in [2.75, 3.05) is 0 Å². The minimum absolute atomic E-state index is 0. The molecule has 7 rings (SSSR count). The number of hydrogen-bond donors (Lipinski definition) is 0. The molecule has 2 aromatic heterocycles. The van der Waals surface area contributed by atoms with Crippen LogP contribution in [-0.4, -0.2) is 11.0 Å². The molecule has 5 heteroatoms. The number of fused-ring (bicyclic) bond motifs is 4. The van der Waals surface area contributed by atoms with Gasteiger partial charge in [-0.15, -0.1) is 11.0 Å². The van der Waals surface area contributed by atoms with E-state index in [-0.39, 0.29) is 22.4 Å². The number of hydrogen-bond acceptors (Lipinski definition) is 1. The minimum Gasteiger partial charge on any atom is -0.656 e. The van der Waals surface area contributed by atoms with Crippen LogP contribution in [0.4, 0.5) is 22.7 Å². The van der Waals surface area contributed by atoms with E-state index < -0.39 is 0 Å². The smallest absolute Gasteiger partial charge is 0.656 e. The molecule has 0 fully saturated rings. The summed E-state index contributed by atoms with van der Waals surface area (Å²) in [6.07, 6.45) is 3.60. The first kappa shape index (κ1) is 22.7. The normalized spacial score (nSPS) is 11.7. The Kier molecular flexibility index (Phi) is 6.53. The van der Waals surface area contributed by atoms with Crippen molar-refractivity contribution in [2.45, 2.75) is 0 Å². The maximum atomic E-state index is 4.45. The van der Waals surface area contributed by atoms with Crippen molar-refractivity contribution < 1.29 is 22.4 Å². The standard InChI is InChI=1S/C19H14N2.C11H7N2.Au/c1-3-9-16(10-4-1)20-15-21(17-11-5-2-6-12-17)19-14-8-7-13-18(19)20;1-2-4-10-8(3-1)9-5-6-12-7-11(9)13-10;/h1-14H;1-7H;/q+2;-1;+1. The third-order valence-electron chi connectivity index (χ3n) is 5.83. The molecule has 0 radical (unpaired) electrons. The molecule has 35 heavy (non-hydrogen) atoms. The number of pyridine rings is 1. The van der Waals surface area contributed by atoms with E-state index in [9.17, 15) is 0 Å². The number of nitrogens with zero attached hydrogens (tertiary/aromatic N) is 4. The quantitative estimate of drug-likeness (QED) is 0.153. The van der Waals surface area contributed by atoms with Crippen LogP contribution >= 0.6 is 0 Å².